The molecule has 0 aromatic heterocycles. The van der Waals surface area contributed by atoms with E-state index in [0.717, 1.165) is 17.7 Å². The lowest BCUT2D eigenvalue weighted by atomic mass is 10.2. The SMILES string of the molecule is C=C(O/C(C)=C(\C)CC)c1ccccc1.CC. The monoisotopic (exact) mass is 232 g/mol. The molecule has 0 radical (unpaired) electrons. The molecule has 0 atom stereocenters. The van der Waals surface area contributed by atoms with Gasteiger partial charge in [-0.1, -0.05) is 57.7 Å². The Morgan fingerprint density at radius 2 is 1.65 bits per heavy atom. The minimum atomic E-state index is 0.709. The van der Waals surface area contributed by atoms with E-state index in [1.165, 1.54) is 5.57 Å². The molecule has 1 rings (SSSR count). The molecule has 0 aliphatic rings. The first kappa shape index (κ1) is 15.5. The van der Waals surface area contributed by atoms with E-state index in [-0.39, 0.29) is 0 Å². The highest BCUT2D eigenvalue weighted by Crippen LogP contribution is 2.19. The average molecular weight is 232 g/mol. The molecule has 1 aromatic rings. The predicted molar refractivity (Wildman–Crippen MR) is 76.6 cm³/mol. The number of hydrogen-bond acceptors (Lipinski definition) is 1. The first-order valence-electron chi connectivity index (χ1n) is 6.23. The topological polar surface area (TPSA) is 9.23 Å². The Hall–Kier alpha value is -1.50. The summed E-state index contributed by atoms with van der Waals surface area (Å²) < 4.78 is 5.67. The molecule has 0 fully saturated rings. The van der Waals surface area contributed by atoms with Crippen LogP contribution in [0.3, 0.4) is 0 Å². The molecule has 94 valence electrons. The zero-order valence-corrected chi connectivity index (χ0v) is 11.7. The Bertz CT molecular complexity index is 360. The van der Waals surface area contributed by atoms with Crippen LogP contribution in [-0.2, 0) is 4.74 Å². The van der Waals surface area contributed by atoms with Crippen LogP contribution in [0.5, 0.6) is 0 Å². The average Bonchev–Trinajstić information content (AvgIpc) is 2.40. The molecule has 0 saturated heterocycles. The van der Waals surface area contributed by atoms with Crippen molar-refractivity contribution in [2.45, 2.75) is 41.0 Å². The van der Waals surface area contributed by atoms with Gasteiger partial charge >= 0.3 is 0 Å². The van der Waals surface area contributed by atoms with Crippen LogP contribution in [0.4, 0.5) is 0 Å². The standard InChI is InChI=1S/C14H18O.C2H6/c1-5-11(2)12(3)15-13(4)14-9-7-6-8-10-14;1-2/h6-10H,4-5H2,1-3H3;1-2H3/b12-11+;. The van der Waals surface area contributed by atoms with Crippen molar-refractivity contribution < 1.29 is 4.74 Å². The summed E-state index contributed by atoms with van der Waals surface area (Å²) in [6.45, 7) is 14.1. The quantitative estimate of drug-likeness (QED) is 0.631. The molecule has 0 aliphatic carbocycles. The summed E-state index contributed by atoms with van der Waals surface area (Å²) in [4.78, 5) is 0. The maximum atomic E-state index is 5.67. The minimum absolute atomic E-state index is 0.709. The van der Waals surface area contributed by atoms with E-state index in [1.54, 1.807) is 0 Å². The molecule has 1 aromatic carbocycles. The number of ether oxygens (including phenoxy) is 1. The van der Waals surface area contributed by atoms with Crippen LogP contribution in [0.2, 0.25) is 0 Å². The van der Waals surface area contributed by atoms with Crippen LogP contribution < -0.4 is 0 Å². The van der Waals surface area contributed by atoms with E-state index in [2.05, 4.69) is 20.4 Å². The Labute approximate surface area is 106 Å². The molecule has 0 saturated carbocycles. The van der Waals surface area contributed by atoms with Gasteiger partial charge in [0.15, 0.2) is 0 Å². The van der Waals surface area contributed by atoms with Gasteiger partial charge in [0.1, 0.15) is 5.76 Å². The predicted octanol–water partition coefficient (Wildman–Crippen LogP) is 5.40. The summed E-state index contributed by atoms with van der Waals surface area (Å²) in [5.41, 5.74) is 2.29. The van der Waals surface area contributed by atoms with Crippen LogP contribution in [-0.4, -0.2) is 0 Å². The van der Waals surface area contributed by atoms with Crippen LogP contribution >= 0.6 is 0 Å². The highest BCUT2D eigenvalue weighted by Gasteiger charge is 2.01. The summed E-state index contributed by atoms with van der Waals surface area (Å²) in [5, 5.41) is 0. The maximum Gasteiger partial charge on any atom is 0.126 e. The van der Waals surface area contributed by atoms with Gasteiger partial charge in [0, 0.05) is 5.56 Å². The molecule has 0 heterocycles. The zero-order valence-electron chi connectivity index (χ0n) is 11.7. The van der Waals surface area contributed by atoms with Crippen molar-refractivity contribution >= 4 is 5.76 Å². The largest absolute Gasteiger partial charge is 0.462 e. The summed E-state index contributed by atoms with van der Waals surface area (Å²) in [7, 11) is 0. The molecule has 1 heteroatoms. The van der Waals surface area contributed by atoms with Gasteiger partial charge < -0.3 is 4.74 Å². The van der Waals surface area contributed by atoms with Crippen molar-refractivity contribution in [3.8, 4) is 0 Å². The van der Waals surface area contributed by atoms with E-state index in [1.807, 2.05) is 51.1 Å². The number of allylic oxidation sites excluding steroid dienone is 2. The van der Waals surface area contributed by atoms with Crippen molar-refractivity contribution in [3.63, 3.8) is 0 Å². The summed E-state index contributed by atoms with van der Waals surface area (Å²) in [6, 6.07) is 9.94. The Balaban J connectivity index is 0.00000121. The molecule has 0 bridgehead atoms. The third kappa shape index (κ3) is 5.39. The molecule has 17 heavy (non-hydrogen) atoms. The minimum Gasteiger partial charge on any atom is -0.462 e. The van der Waals surface area contributed by atoms with Crippen molar-refractivity contribution in [1.82, 2.24) is 0 Å². The van der Waals surface area contributed by atoms with E-state index >= 15 is 0 Å². The number of hydrogen-bond donors (Lipinski definition) is 0. The van der Waals surface area contributed by atoms with E-state index in [4.69, 9.17) is 4.74 Å². The molecular weight excluding hydrogens is 208 g/mol. The highest BCUT2D eigenvalue weighted by atomic mass is 16.5. The lowest BCUT2D eigenvalue weighted by Gasteiger charge is -2.11. The fourth-order valence-electron chi connectivity index (χ4n) is 1.20. The molecule has 0 aliphatic heterocycles. The van der Waals surface area contributed by atoms with E-state index < -0.39 is 0 Å². The Morgan fingerprint density at radius 3 is 2.12 bits per heavy atom. The first-order valence-corrected chi connectivity index (χ1v) is 6.23. The van der Waals surface area contributed by atoms with Gasteiger partial charge in [0.2, 0.25) is 0 Å². The van der Waals surface area contributed by atoms with Crippen molar-refractivity contribution in [3.05, 3.63) is 53.8 Å². The van der Waals surface area contributed by atoms with E-state index in [9.17, 15) is 0 Å². The molecule has 0 spiro atoms. The number of rotatable bonds is 4. The smallest absolute Gasteiger partial charge is 0.126 e. The van der Waals surface area contributed by atoms with Crippen molar-refractivity contribution in [1.29, 1.82) is 0 Å². The second-order valence-electron chi connectivity index (χ2n) is 3.58. The second-order valence-corrected chi connectivity index (χ2v) is 3.58. The lowest BCUT2D eigenvalue weighted by molar-refractivity contribution is 0.378. The molecule has 0 unspecified atom stereocenters. The van der Waals surface area contributed by atoms with Crippen LogP contribution in [0, 0.1) is 0 Å². The summed E-state index contributed by atoms with van der Waals surface area (Å²) >= 11 is 0. The molecule has 0 N–H and O–H groups in total. The molecular formula is C16H24O. The Kier molecular flexibility index (Phi) is 7.87. The third-order valence-corrected chi connectivity index (χ3v) is 2.50. The van der Waals surface area contributed by atoms with Gasteiger partial charge in [-0.3, -0.25) is 0 Å². The van der Waals surface area contributed by atoms with Gasteiger partial charge in [-0.25, -0.2) is 0 Å². The second kappa shape index (κ2) is 8.63. The van der Waals surface area contributed by atoms with E-state index in [0.29, 0.717) is 5.76 Å². The fraction of sp³-hybridized carbons (Fsp3) is 0.375. The van der Waals surface area contributed by atoms with Gasteiger partial charge in [0.05, 0.1) is 5.76 Å². The van der Waals surface area contributed by atoms with Crippen LogP contribution in [0.1, 0.15) is 46.6 Å². The summed E-state index contributed by atoms with van der Waals surface area (Å²) in [6.07, 6.45) is 1.01. The van der Waals surface area contributed by atoms with Gasteiger partial charge in [-0.05, 0) is 25.8 Å². The first-order chi connectivity index (χ1) is 8.15. The molecule has 0 amide bonds. The maximum absolute atomic E-state index is 5.67. The molecule has 1 nitrogen and oxygen atoms in total. The van der Waals surface area contributed by atoms with Crippen LogP contribution in [0.15, 0.2) is 48.2 Å². The zero-order chi connectivity index (χ0) is 13.3. The highest BCUT2D eigenvalue weighted by molar-refractivity contribution is 5.57. The van der Waals surface area contributed by atoms with Crippen LogP contribution in [0.25, 0.3) is 5.76 Å². The van der Waals surface area contributed by atoms with Crippen molar-refractivity contribution in [2.75, 3.05) is 0 Å². The van der Waals surface area contributed by atoms with Gasteiger partial charge in [0.25, 0.3) is 0 Å². The van der Waals surface area contributed by atoms with Gasteiger partial charge in [-0.2, -0.15) is 0 Å². The van der Waals surface area contributed by atoms with Gasteiger partial charge in [-0.15, -0.1) is 0 Å². The number of benzene rings is 1. The third-order valence-electron chi connectivity index (χ3n) is 2.50. The van der Waals surface area contributed by atoms with Crippen molar-refractivity contribution in [2.24, 2.45) is 0 Å². The lowest BCUT2D eigenvalue weighted by Crippen LogP contribution is -1.91. The Morgan fingerprint density at radius 1 is 1.12 bits per heavy atom. The fourth-order valence-corrected chi connectivity index (χ4v) is 1.20. The normalized spacial score (nSPS) is 10.9. The summed E-state index contributed by atoms with van der Waals surface area (Å²) in [5.74, 6) is 1.66.